The molecule has 2 rings (SSSR count). The van der Waals surface area contributed by atoms with Gasteiger partial charge in [-0.05, 0) is 38.5 Å². The van der Waals surface area contributed by atoms with Gasteiger partial charge in [-0.2, -0.15) is 0 Å². The van der Waals surface area contributed by atoms with Crippen molar-refractivity contribution >= 4 is 5.91 Å². The van der Waals surface area contributed by atoms with Crippen LogP contribution in [0.4, 0.5) is 0 Å². The normalized spacial score (nSPS) is 26.4. The smallest absolute Gasteiger partial charge is 0.220 e. The summed E-state index contributed by atoms with van der Waals surface area (Å²) in [6.07, 6.45) is 28.1. The highest BCUT2D eigenvalue weighted by Crippen LogP contribution is 2.30. The first-order valence-corrected chi connectivity index (χ1v) is 27.9. The molecule has 14 nitrogen and oxygen atoms in total. The van der Waals surface area contributed by atoms with Crippen LogP contribution in [0, 0.1) is 0 Å². The molecule has 2 aliphatic rings. The lowest BCUT2D eigenvalue weighted by Gasteiger charge is -2.46. The predicted molar refractivity (Wildman–Crippen MR) is 268 cm³/mol. The number of carbonyl (C=O) groups is 1. The van der Waals surface area contributed by atoms with Gasteiger partial charge in [-0.3, -0.25) is 4.79 Å². The zero-order valence-corrected chi connectivity index (χ0v) is 42.9. The van der Waals surface area contributed by atoms with Gasteiger partial charge >= 0.3 is 0 Å². The molecular weight excluding hydrogens is 871 g/mol. The molecule has 12 atom stereocenters. The third-order valence-electron chi connectivity index (χ3n) is 14.0. The van der Waals surface area contributed by atoms with Crippen molar-refractivity contribution in [1.82, 2.24) is 5.32 Å². The van der Waals surface area contributed by atoms with Gasteiger partial charge in [-0.1, -0.05) is 199 Å². The quantitative estimate of drug-likeness (QED) is 0.0207. The van der Waals surface area contributed by atoms with E-state index in [1.54, 1.807) is 0 Å². The van der Waals surface area contributed by atoms with Crippen molar-refractivity contribution < 1.29 is 64.6 Å². The third-order valence-corrected chi connectivity index (χ3v) is 14.0. The Morgan fingerprint density at radius 3 is 1.40 bits per heavy atom. The molecule has 0 saturated carbocycles. The van der Waals surface area contributed by atoms with Crippen LogP contribution in [0.1, 0.15) is 232 Å². The van der Waals surface area contributed by atoms with E-state index in [1.165, 1.54) is 154 Å². The van der Waals surface area contributed by atoms with Gasteiger partial charge in [-0.25, -0.2) is 0 Å². The van der Waals surface area contributed by atoms with Crippen molar-refractivity contribution in [3.8, 4) is 0 Å². The SMILES string of the molecule is CCCCCCCCCC/C=C\CCCCCCCCCCCCCCCC(=O)NC(COC1OC(CO)C(OC2OC(CO)C(O)C(O)C2O)C(O)C1O)C(O)CCCCCCCCCCC. The molecule has 0 aromatic carbocycles. The Kier molecular flexibility index (Phi) is 38.1. The summed E-state index contributed by atoms with van der Waals surface area (Å²) in [5, 5.41) is 86.8. The lowest BCUT2D eigenvalue weighted by molar-refractivity contribution is -0.359. The van der Waals surface area contributed by atoms with Gasteiger partial charge in [0.2, 0.25) is 5.91 Å². The second-order valence-corrected chi connectivity index (χ2v) is 20.1. The monoisotopic (exact) mass is 974 g/mol. The average Bonchev–Trinajstić information content (AvgIpc) is 3.34. The molecular formula is C54H103NO13. The molecule has 12 unspecified atom stereocenters. The van der Waals surface area contributed by atoms with Gasteiger partial charge < -0.3 is 65.1 Å². The second kappa shape index (κ2) is 41.2. The summed E-state index contributed by atoms with van der Waals surface area (Å²) in [7, 11) is 0. The van der Waals surface area contributed by atoms with Gasteiger partial charge in [0.25, 0.3) is 0 Å². The summed E-state index contributed by atoms with van der Waals surface area (Å²) in [4.78, 5) is 13.2. The Bertz CT molecular complexity index is 1200. The lowest BCUT2D eigenvalue weighted by Crippen LogP contribution is -2.65. The standard InChI is InChI=1S/C54H103NO13/c1-3-5-7-9-11-13-14-15-16-17-18-19-20-21-22-23-24-25-26-27-28-30-32-34-36-38-46(59)55-42(43(58)37-35-33-31-29-12-10-8-6-4-2)41-65-53-51(64)49(62)52(45(40-57)67-53)68-54-50(63)48(61)47(60)44(39-56)66-54/h17-18,42-45,47-54,56-58,60-64H,3-16,19-41H2,1-2H3,(H,55,59)/b18-17-. The molecule has 2 saturated heterocycles. The van der Waals surface area contributed by atoms with Gasteiger partial charge in [0.1, 0.15) is 48.8 Å². The molecule has 0 aromatic heterocycles. The molecule has 2 fully saturated rings. The van der Waals surface area contributed by atoms with E-state index in [4.69, 9.17) is 18.9 Å². The van der Waals surface area contributed by atoms with Crippen LogP contribution >= 0.6 is 0 Å². The summed E-state index contributed by atoms with van der Waals surface area (Å²) < 4.78 is 22.7. The first kappa shape index (κ1) is 62.8. The maximum absolute atomic E-state index is 13.2. The van der Waals surface area contributed by atoms with Crippen LogP contribution in [-0.4, -0.2) is 140 Å². The van der Waals surface area contributed by atoms with E-state index in [2.05, 4.69) is 31.3 Å². The number of hydrogen-bond donors (Lipinski definition) is 9. The molecule has 9 N–H and O–H groups in total. The fraction of sp³-hybridized carbons (Fsp3) is 0.944. The van der Waals surface area contributed by atoms with Gasteiger partial charge in [0.15, 0.2) is 12.6 Å². The minimum absolute atomic E-state index is 0.207. The second-order valence-electron chi connectivity index (χ2n) is 20.1. The number of amides is 1. The number of rotatable bonds is 44. The van der Waals surface area contributed by atoms with Gasteiger partial charge in [-0.15, -0.1) is 0 Å². The van der Waals surface area contributed by atoms with Gasteiger partial charge in [0, 0.05) is 6.42 Å². The zero-order chi connectivity index (χ0) is 49.6. The number of aliphatic hydroxyl groups excluding tert-OH is 8. The number of nitrogens with one attached hydrogen (secondary N) is 1. The van der Waals surface area contributed by atoms with Crippen molar-refractivity contribution in [2.45, 2.75) is 306 Å². The van der Waals surface area contributed by atoms with Crippen LogP contribution in [0.2, 0.25) is 0 Å². The molecule has 14 heteroatoms. The maximum Gasteiger partial charge on any atom is 0.220 e. The highest BCUT2D eigenvalue weighted by Gasteiger charge is 2.51. The average molecular weight is 974 g/mol. The number of carbonyl (C=O) groups excluding carboxylic acids is 1. The molecule has 402 valence electrons. The predicted octanol–water partition coefficient (Wildman–Crippen LogP) is 8.33. The fourth-order valence-corrected chi connectivity index (χ4v) is 9.41. The third kappa shape index (κ3) is 27.5. The molecule has 0 bridgehead atoms. The molecule has 1 amide bonds. The summed E-state index contributed by atoms with van der Waals surface area (Å²) in [6, 6.07) is -0.823. The Labute approximate surface area is 412 Å². The molecule has 0 spiro atoms. The van der Waals surface area contributed by atoms with Crippen LogP contribution in [0.15, 0.2) is 12.2 Å². The van der Waals surface area contributed by atoms with Gasteiger partial charge in [0.05, 0.1) is 32.0 Å². The van der Waals surface area contributed by atoms with Crippen LogP contribution in [0.5, 0.6) is 0 Å². The minimum atomic E-state index is -1.78. The number of hydrogen-bond acceptors (Lipinski definition) is 13. The largest absolute Gasteiger partial charge is 0.394 e. The van der Waals surface area contributed by atoms with Crippen molar-refractivity contribution in [3.05, 3.63) is 12.2 Å². The first-order valence-electron chi connectivity index (χ1n) is 27.9. The van der Waals surface area contributed by atoms with E-state index in [0.29, 0.717) is 12.8 Å². The lowest BCUT2D eigenvalue weighted by atomic mass is 9.97. The van der Waals surface area contributed by atoms with Crippen molar-refractivity contribution in [1.29, 1.82) is 0 Å². The summed E-state index contributed by atoms with van der Waals surface area (Å²) in [5.41, 5.74) is 0. The van der Waals surface area contributed by atoms with Crippen molar-refractivity contribution in [2.75, 3.05) is 19.8 Å². The van der Waals surface area contributed by atoms with E-state index in [-0.39, 0.29) is 12.5 Å². The summed E-state index contributed by atoms with van der Waals surface area (Å²) in [6.45, 7) is 2.84. The fourth-order valence-electron chi connectivity index (χ4n) is 9.41. The zero-order valence-electron chi connectivity index (χ0n) is 42.9. The molecule has 2 heterocycles. The van der Waals surface area contributed by atoms with E-state index in [9.17, 15) is 45.6 Å². The topological polar surface area (TPSA) is 228 Å². The summed E-state index contributed by atoms with van der Waals surface area (Å²) in [5.74, 6) is -0.207. The Morgan fingerprint density at radius 1 is 0.515 bits per heavy atom. The number of allylic oxidation sites excluding steroid dienone is 2. The van der Waals surface area contributed by atoms with Crippen molar-refractivity contribution in [3.63, 3.8) is 0 Å². The van der Waals surface area contributed by atoms with Crippen molar-refractivity contribution in [2.24, 2.45) is 0 Å². The number of unbranched alkanes of at least 4 members (excludes halogenated alkanes) is 29. The summed E-state index contributed by atoms with van der Waals surface area (Å²) >= 11 is 0. The first-order chi connectivity index (χ1) is 33.1. The Balaban J connectivity index is 1.69. The molecule has 0 aromatic rings. The van der Waals surface area contributed by atoms with E-state index in [1.807, 2.05) is 0 Å². The molecule has 2 aliphatic heterocycles. The van der Waals surface area contributed by atoms with Crippen LogP contribution in [0.25, 0.3) is 0 Å². The van der Waals surface area contributed by atoms with E-state index < -0.39 is 86.8 Å². The Hall–Kier alpha value is -1.27. The molecule has 0 aliphatic carbocycles. The maximum atomic E-state index is 13.2. The number of ether oxygens (including phenoxy) is 4. The molecule has 68 heavy (non-hydrogen) atoms. The molecule has 0 radical (unpaired) electrons. The highest BCUT2D eigenvalue weighted by molar-refractivity contribution is 5.76. The van der Waals surface area contributed by atoms with Crippen LogP contribution in [-0.2, 0) is 23.7 Å². The Morgan fingerprint density at radius 2 is 0.926 bits per heavy atom. The van der Waals surface area contributed by atoms with E-state index in [0.717, 1.165) is 51.4 Å². The highest BCUT2D eigenvalue weighted by atomic mass is 16.7. The van der Waals surface area contributed by atoms with E-state index >= 15 is 0 Å². The van der Waals surface area contributed by atoms with Crippen LogP contribution in [0.3, 0.4) is 0 Å². The minimum Gasteiger partial charge on any atom is -0.394 e. The van der Waals surface area contributed by atoms with Crippen LogP contribution < -0.4 is 5.32 Å². The number of aliphatic hydroxyl groups is 8.